The number of esters is 1. The highest BCUT2D eigenvalue weighted by Gasteiger charge is 2.17. The molecule has 0 radical (unpaired) electrons. The lowest BCUT2D eigenvalue weighted by Gasteiger charge is -2.10. The predicted octanol–water partition coefficient (Wildman–Crippen LogP) is 2.09. The van der Waals surface area contributed by atoms with E-state index < -0.39 is 5.97 Å². The van der Waals surface area contributed by atoms with Gasteiger partial charge in [0.05, 0.1) is 19.8 Å². The molecule has 0 saturated heterocycles. The van der Waals surface area contributed by atoms with Gasteiger partial charge in [-0.25, -0.2) is 4.79 Å². The molecule has 0 unspecified atom stereocenters. The second kappa shape index (κ2) is 5.38. The Labute approximate surface area is 98.3 Å². The third-order valence-corrected chi connectivity index (χ3v) is 2.34. The molecule has 0 atom stereocenters. The van der Waals surface area contributed by atoms with Crippen molar-refractivity contribution < 1.29 is 14.3 Å². The van der Waals surface area contributed by atoms with E-state index in [4.69, 9.17) is 21.6 Å². The molecule has 0 heterocycles. The number of methoxy groups -OCH3 is 2. The van der Waals surface area contributed by atoms with E-state index in [1.807, 2.05) is 6.07 Å². The number of carbonyl (C=O) groups excluding carboxylic acids is 1. The zero-order valence-corrected chi connectivity index (χ0v) is 9.67. The van der Waals surface area contributed by atoms with Crippen LogP contribution in [-0.2, 0) is 10.6 Å². The Kier molecular flexibility index (Phi) is 4.15. The van der Waals surface area contributed by atoms with Gasteiger partial charge in [-0.1, -0.05) is 0 Å². The maximum Gasteiger partial charge on any atom is 0.341 e. The molecule has 0 aliphatic carbocycles. The van der Waals surface area contributed by atoms with Crippen LogP contribution in [0.3, 0.4) is 0 Å². The van der Waals surface area contributed by atoms with Crippen LogP contribution in [0.4, 0.5) is 0 Å². The molecule has 0 aliphatic heterocycles. The van der Waals surface area contributed by atoms with Gasteiger partial charge in [-0.05, 0) is 17.7 Å². The Bertz CT molecular complexity index is 451. The first kappa shape index (κ1) is 12.3. The third-order valence-electron chi connectivity index (χ3n) is 2.03. The number of alkyl halides is 1. The van der Waals surface area contributed by atoms with Gasteiger partial charge in [0.1, 0.15) is 11.6 Å². The van der Waals surface area contributed by atoms with Crippen molar-refractivity contribution in [1.82, 2.24) is 0 Å². The number of rotatable bonds is 3. The van der Waals surface area contributed by atoms with Gasteiger partial charge < -0.3 is 9.47 Å². The summed E-state index contributed by atoms with van der Waals surface area (Å²) in [5, 5.41) is 8.92. The number of carbonyl (C=O) groups is 1. The summed E-state index contributed by atoms with van der Waals surface area (Å²) < 4.78 is 9.63. The molecule has 4 nitrogen and oxygen atoms in total. The molecule has 1 rings (SSSR count). The zero-order valence-electron chi connectivity index (χ0n) is 8.91. The van der Waals surface area contributed by atoms with Crippen LogP contribution < -0.4 is 4.74 Å². The Hall–Kier alpha value is -1.73. The summed E-state index contributed by atoms with van der Waals surface area (Å²) in [5.74, 6) is -0.133. The van der Waals surface area contributed by atoms with Crippen LogP contribution in [0.15, 0.2) is 12.1 Å². The van der Waals surface area contributed by atoms with E-state index in [1.54, 1.807) is 12.1 Å². The summed E-state index contributed by atoms with van der Waals surface area (Å²) >= 11 is 5.67. The van der Waals surface area contributed by atoms with Gasteiger partial charge in [0.2, 0.25) is 0 Å². The monoisotopic (exact) mass is 239 g/mol. The van der Waals surface area contributed by atoms with Crippen molar-refractivity contribution in [2.45, 2.75) is 5.88 Å². The predicted molar refractivity (Wildman–Crippen MR) is 58.6 cm³/mol. The van der Waals surface area contributed by atoms with Gasteiger partial charge in [-0.3, -0.25) is 0 Å². The number of nitrogens with zero attached hydrogens (tertiary/aromatic N) is 1. The molecule has 0 aliphatic rings. The summed E-state index contributed by atoms with van der Waals surface area (Å²) in [5.41, 5.74) is 1.14. The van der Waals surface area contributed by atoms with Gasteiger partial charge in [0.25, 0.3) is 0 Å². The van der Waals surface area contributed by atoms with Crippen LogP contribution in [0.5, 0.6) is 5.75 Å². The Balaban J connectivity index is 3.44. The van der Waals surface area contributed by atoms with Crippen molar-refractivity contribution in [2.24, 2.45) is 0 Å². The van der Waals surface area contributed by atoms with Crippen molar-refractivity contribution in [3.8, 4) is 11.8 Å². The van der Waals surface area contributed by atoms with Crippen LogP contribution in [0.2, 0.25) is 0 Å². The minimum atomic E-state index is -0.555. The lowest BCUT2D eigenvalue weighted by Crippen LogP contribution is -2.06. The molecular formula is C11H10ClNO3. The van der Waals surface area contributed by atoms with Crippen molar-refractivity contribution in [1.29, 1.82) is 5.26 Å². The Morgan fingerprint density at radius 2 is 2.19 bits per heavy atom. The van der Waals surface area contributed by atoms with E-state index in [0.29, 0.717) is 5.56 Å². The van der Waals surface area contributed by atoms with E-state index >= 15 is 0 Å². The van der Waals surface area contributed by atoms with E-state index in [2.05, 4.69) is 4.74 Å². The fraction of sp³-hybridized carbons (Fsp3) is 0.273. The zero-order chi connectivity index (χ0) is 12.1. The van der Waals surface area contributed by atoms with Crippen molar-refractivity contribution in [2.75, 3.05) is 14.2 Å². The molecular weight excluding hydrogens is 230 g/mol. The van der Waals surface area contributed by atoms with E-state index in [-0.39, 0.29) is 22.8 Å². The standard InChI is InChI=1S/C11H10ClNO3/c1-15-10-8(6-13)3-7(5-12)4-9(10)11(14)16-2/h3-4H,5H2,1-2H3. The molecule has 1 aromatic rings. The highest BCUT2D eigenvalue weighted by atomic mass is 35.5. The van der Waals surface area contributed by atoms with Gasteiger partial charge in [0.15, 0.2) is 5.75 Å². The second-order valence-electron chi connectivity index (χ2n) is 2.96. The fourth-order valence-corrected chi connectivity index (χ4v) is 1.48. The van der Waals surface area contributed by atoms with Gasteiger partial charge in [0, 0.05) is 5.88 Å². The maximum atomic E-state index is 11.5. The summed E-state index contributed by atoms with van der Waals surface area (Å²) in [6.07, 6.45) is 0. The molecule has 0 fully saturated rings. The fourth-order valence-electron chi connectivity index (χ4n) is 1.33. The number of ether oxygens (including phenoxy) is 2. The number of nitriles is 1. The number of benzene rings is 1. The average molecular weight is 240 g/mol. The Morgan fingerprint density at radius 3 is 2.62 bits per heavy atom. The number of hydrogen-bond donors (Lipinski definition) is 0. The molecule has 0 N–H and O–H groups in total. The first-order valence-electron chi connectivity index (χ1n) is 4.43. The molecule has 0 amide bonds. The van der Waals surface area contributed by atoms with Crippen LogP contribution in [-0.4, -0.2) is 20.2 Å². The summed E-state index contributed by atoms with van der Waals surface area (Å²) in [7, 11) is 2.66. The molecule has 0 aromatic heterocycles. The smallest absolute Gasteiger partial charge is 0.341 e. The third kappa shape index (κ3) is 2.26. The van der Waals surface area contributed by atoms with Crippen molar-refractivity contribution >= 4 is 17.6 Å². The average Bonchev–Trinajstić information content (AvgIpc) is 2.35. The minimum Gasteiger partial charge on any atom is -0.494 e. The van der Waals surface area contributed by atoms with E-state index in [0.717, 1.165) is 0 Å². The van der Waals surface area contributed by atoms with Gasteiger partial charge in [-0.15, -0.1) is 11.6 Å². The Morgan fingerprint density at radius 1 is 1.50 bits per heavy atom. The largest absolute Gasteiger partial charge is 0.494 e. The van der Waals surface area contributed by atoms with E-state index in [1.165, 1.54) is 14.2 Å². The van der Waals surface area contributed by atoms with Crippen molar-refractivity contribution in [3.05, 3.63) is 28.8 Å². The summed E-state index contributed by atoms with van der Waals surface area (Å²) in [4.78, 5) is 11.5. The normalized spacial score (nSPS) is 9.38. The molecule has 0 saturated carbocycles. The topological polar surface area (TPSA) is 59.3 Å². The molecule has 1 aromatic carbocycles. The highest BCUT2D eigenvalue weighted by Crippen LogP contribution is 2.26. The SMILES string of the molecule is COC(=O)c1cc(CCl)cc(C#N)c1OC. The van der Waals surface area contributed by atoms with Crippen LogP contribution in [0.25, 0.3) is 0 Å². The van der Waals surface area contributed by atoms with Crippen LogP contribution in [0, 0.1) is 11.3 Å². The molecule has 84 valence electrons. The first-order chi connectivity index (χ1) is 7.67. The quantitative estimate of drug-likeness (QED) is 0.599. The second-order valence-corrected chi connectivity index (χ2v) is 3.23. The van der Waals surface area contributed by atoms with E-state index in [9.17, 15) is 4.79 Å². The van der Waals surface area contributed by atoms with Crippen molar-refractivity contribution in [3.63, 3.8) is 0 Å². The summed E-state index contributed by atoms with van der Waals surface area (Å²) in [6.45, 7) is 0. The minimum absolute atomic E-state index is 0.208. The summed E-state index contributed by atoms with van der Waals surface area (Å²) in [6, 6.07) is 5.08. The number of halogens is 1. The lowest BCUT2D eigenvalue weighted by atomic mass is 10.1. The highest BCUT2D eigenvalue weighted by molar-refractivity contribution is 6.17. The molecule has 0 spiro atoms. The number of hydrogen-bond acceptors (Lipinski definition) is 4. The van der Waals surface area contributed by atoms with Gasteiger partial charge in [-0.2, -0.15) is 5.26 Å². The molecule has 0 bridgehead atoms. The van der Waals surface area contributed by atoms with Crippen LogP contribution in [0.1, 0.15) is 21.5 Å². The molecule has 5 heteroatoms. The first-order valence-corrected chi connectivity index (χ1v) is 4.96. The molecule has 16 heavy (non-hydrogen) atoms. The van der Waals surface area contributed by atoms with Crippen LogP contribution >= 0.6 is 11.6 Å². The van der Waals surface area contributed by atoms with Gasteiger partial charge >= 0.3 is 5.97 Å². The lowest BCUT2D eigenvalue weighted by molar-refractivity contribution is 0.0597. The maximum absolute atomic E-state index is 11.5.